The van der Waals surface area contributed by atoms with Gasteiger partial charge in [-0.2, -0.15) is 0 Å². The van der Waals surface area contributed by atoms with Crippen LogP contribution in [-0.2, 0) is 6.61 Å². The predicted octanol–water partition coefficient (Wildman–Crippen LogP) is 4.25. The molecule has 0 saturated carbocycles. The first-order chi connectivity index (χ1) is 10.0. The lowest BCUT2D eigenvalue weighted by molar-refractivity contribution is -0.385. The zero-order chi connectivity index (χ0) is 15.4. The summed E-state index contributed by atoms with van der Waals surface area (Å²) in [5.74, 6) is 0.956. The molecule has 0 saturated heterocycles. The fourth-order valence-corrected chi connectivity index (χ4v) is 2.09. The van der Waals surface area contributed by atoms with E-state index in [1.54, 1.807) is 12.1 Å². The standard InChI is InChI=1S/C15H14BrNO4/c1-10-7-12(4-5-13(10)16)21-9-11-3-6-15(20-2)14(8-11)17(18)19/h3-8H,9H2,1-2H3. The van der Waals surface area contributed by atoms with Crippen molar-refractivity contribution in [2.24, 2.45) is 0 Å². The monoisotopic (exact) mass is 351 g/mol. The zero-order valence-electron chi connectivity index (χ0n) is 11.6. The molecular formula is C15H14BrNO4. The van der Waals surface area contributed by atoms with Crippen LogP contribution in [-0.4, -0.2) is 12.0 Å². The first-order valence-electron chi connectivity index (χ1n) is 6.21. The molecule has 2 rings (SSSR count). The number of methoxy groups -OCH3 is 1. The number of benzene rings is 2. The molecule has 2 aromatic rings. The second kappa shape index (κ2) is 6.58. The number of aryl methyl sites for hydroxylation is 1. The van der Waals surface area contributed by atoms with E-state index >= 15 is 0 Å². The molecule has 0 aromatic heterocycles. The van der Waals surface area contributed by atoms with E-state index in [0.717, 1.165) is 10.0 Å². The van der Waals surface area contributed by atoms with Crippen LogP contribution in [0, 0.1) is 17.0 Å². The number of halogens is 1. The fraction of sp³-hybridized carbons (Fsp3) is 0.200. The van der Waals surface area contributed by atoms with Crippen LogP contribution < -0.4 is 9.47 Å². The van der Waals surface area contributed by atoms with Crippen LogP contribution >= 0.6 is 15.9 Å². The van der Waals surface area contributed by atoms with E-state index in [9.17, 15) is 10.1 Å². The Morgan fingerprint density at radius 1 is 1.24 bits per heavy atom. The van der Waals surface area contributed by atoms with Crippen LogP contribution in [0.5, 0.6) is 11.5 Å². The van der Waals surface area contributed by atoms with Crippen LogP contribution in [0.4, 0.5) is 5.69 Å². The third kappa shape index (κ3) is 3.72. The second-order valence-electron chi connectivity index (χ2n) is 4.46. The van der Waals surface area contributed by atoms with Crippen LogP contribution in [0.2, 0.25) is 0 Å². The average Bonchev–Trinajstić information content (AvgIpc) is 2.48. The molecule has 0 atom stereocenters. The molecule has 0 aliphatic rings. The maximum Gasteiger partial charge on any atom is 0.311 e. The Morgan fingerprint density at radius 2 is 2.00 bits per heavy atom. The van der Waals surface area contributed by atoms with Gasteiger partial charge in [-0.05, 0) is 42.3 Å². The Bertz CT molecular complexity index is 673. The number of nitrogens with zero attached hydrogens (tertiary/aromatic N) is 1. The number of ether oxygens (including phenoxy) is 2. The van der Waals surface area contributed by atoms with Crippen molar-refractivity contribution in [2.45, 2.75) is 13.5 Å². The van der Waals surface area contributed by atoms with Crippen LogP contribution in [0.25, 0.3) is 0 Å². The molecule has 0 aliphatic heterocycles. The van der Waals surface area contributed by atoms with E-state index in [1.165, 1.54) is 13.2 Å². The van der Waals surface area contributed by atoms with Gasteiger partial charge in [0.25, 0.3) is 0 Å². The summed E-state index contributed by atoms with van der Waals surface area (Å²) in [6, 6.07) is 10.4. The first kappa shape index (κ1) is 15.3. The van der Waals surface area contributed by atoms with Crippen molar-refractivity contribution < 1.29 is 14.4 Å². The lowest BCUT2D eigenvalue weighted by Gasteiger charge is -2.09. The number of rotatable bonds is 5. The highest BCUT2D eigenvalue weighted by molar-refractivity contribution is 9.10. The molecule has 0 unspecified atom stereocenters. The fourth-order valence-electron chi connectivity index (χ4n) is 1.84. The summed E-state index contributed by atoms with van der Waals surface area (Å²) in [5, 5.41) is 11.0. The van der Waals surface area contributed by atoms with Crippen molar-refractivity contribution in [1.29, 1.82) is 0 Å². The van der Waals surface area contributed by atoms with Crippen LogP contribution in [0.3, 0.4) is 0 Å². The molecule has 6 heteroatoms. The topological polar surface area (TPSA) is 61.6 Å². The van der Waals surface area contributed by atoms with Gasteiger partial charge in [-0.15, -0.1) is 0 Å². The number of nitro benzene ring substituents is 1. The molecule has 21 heavy (non-hydrogen) atoms. The molecule has 0 fully saturated rings. The molecule has 110 valence electrons. The summed E-state index contributed by atoms with van der Waals surface area (Å²) in [7, 11) is 1.41. The molecular weight excluding hydrogens is 338 g/mol. The lowest BCUT2D eigenvalue weighted by atomic mass is 10.2. The Balaban J connectivity index is 2.14. The van der Waals surface area contributed by atoms with Gasteiger partial charge in [0.1, 0.15) is 12.4 Å². The van der Waals surface area contributed by atoms with Crippen molar-refractivity contribution in [1.82, 2.24) is 0 Å². The Kier molecular flexibility index (Phi) is 4.80. The van der Waals surface area contributed by atoms with Crippen molar-refractivity contribution in [3.05, 3.63) is 62.1 Å². The van der Waals surface area contributed by atoms with Crippen molar-refractivity contribution >= 4 is 21.6 Å². The highest BCUT2D eigenvalue weighted by atomic mass is 79.9. The molecule has 0 bridgehead atoms. The predicted molar refractivity (Wildman–Crippen MR) is 82.9 cm³/mol. The summed E-state index contributed by atoms with van der Waals surface area (Å²) in [6.07, 6.45) is 0. The van der Waals surface area contributed by atoms with Gasteiger partial charge in [0.05, 0.1) is 12.0 Å². The van der Waals surface area contributed by atoms with Gasteiger partial charge in [0.2, 0.25) is 0 Å². The summed E-state index contributed by atoms with van der Waals surface area (Å²) in [4.78, 5) is 10.5. The van der Waals surface area contributed by atoms with E-state index in [2.05, 4.69) is 15.9 Å². The van der Waals surface area contributed by atoms with E-state index < -0.39 is 4.92 Å². The van der Waals surface area contributed by atoms with Crippen molar-refractivity contribution in [3.8, 4) is 11.5 Å². The van der Waals surface area contributed by atoms with Gasteiger partial charge in [-0.25, -0.2) is 0 Å². The summed E-state index contributed by atoms with van der Waals surface area (Å²) >= 11 is 3.42. The minimum atomic E-state index is -0.466. The third-order valence-electron chi connectivity index (χ3n) is 2.97. The lowest BCUT2D eigenvalue weighted by Crippen LogP contribution is -1.99. The molecule has 0 N–H and O–H groups in total. The molecule has 5 nitrogen and oxygen atoms in total. The van der Waals surface area contributed by atoms with E-state index in [1.807, 2.05) is 25.1 Å². The van der Waals surface area contributed by atoms with E-state index in [4.69, 9.17) is 9.47 Å². The van der Waals surface area contributed by atoms with Crippen LogP contribution in [0.15, 0.2) is 40.9 Å². The second-order valence-corrected chi connectivity index (χ2v) is 5.32. The Hall–Kier alpha value is -2.08. The minimum Gasteiger partial charge on any atom is -0.490 e. The smallest absolute Gasteiger partial charge is 0.311 e. The van der Waals surface area contributed by atoms with E-state index in [0.29, 0.717) is 11.3 Å². The van der Waals surface area contributed by atoms with Gasteiger partial charge in [-0.3, -0.25) is 10.1 Å². The summed E-state index contributed by atoms with van der Waals surface area (Å²) in [5.41, 5.74) is 1.71. The highest BCUT2D eigenvalue weighted by Crippen LogP contribution is 2.28. The van der Waals surface area contributed by atoms with Crippen LogP contribution in [0.1, 0.15) is 11.1 Å². The number of hydrogen-bond acceptors (Lipinski definition) is 4. The Labute approximate surface area is 130 Å². The van der Waals surface area contributed by atoms with Gasteiger partial charge in [0, 0.05) is 10.5 Å². The van der Waals surface area contributed by atoms with E-state index in [-0.39, 0.29) is 18.0 Å². The molecule has 0 heterocycles. The molecule has 0 aliphatic carbocycles. The van der Waals surface area contributed by atoms with Gasteiger partial charge in [-0.1, -0.05) is 22.0 Å². The van der Waals surface area contributed by atoms with Crippen molar-refractivity contribution in [2.75, 3.05) is 7.11 Å². The normalized spacial score (nSPS) is 10.2. The maximum absolute atomic E-state index is 11.0. The maximum atomic E-state index is 11.0. The number of hydrogen-bond donors (Lipinski definition) is 0. The summed E-state index contributed by atoms with van der Waals surface area (Å²) in [6.45, 7) is 2.22. The average molecular weight is 352 g/mol. The molecule has 2 aromatic carbocycles. The molecule has 0 amide bonds. The zero-order valence-corrected chi connectivity index (χ0v) is 13.2. The first-order valence-corrected chi connectivity index (χ1v) is 7.01. The quantitative estimate of drug-likeness (QED) is 0.596. The molecule has 0 spiro atoms. The molecule has 0 radical (unpaired) electrons. The van der Waals surface area contributed by atoms with Gasteiger partial charge >= 0.3 is 5.69 Å². The minimum absolute atomic E-state index is 0.0643. The van der Waals surface area contributed by atoms with Gasteiger partial charge in [0.15, 0.2) is 5.75 Å². The Morgan fingerprint density at radius 3 is 2.62 bits per heavy atom. The third-order valence-corrected chi connectivity index (χ3v) is 3.86. The number of nitro groups is 1. The summed E-state index contributed by atoms with van der Waals surface area (Å²) < 4.78 is 11.6. The van der Waals surface area contributed by atoms with Gasteiger partial charge < -0.3 is 9.47 Å². The largest absolute Gasteiger partial charge is 0.490 e. The highest BCUT2D eigenvalue weighted by Gasteiger charge is 2.15. The van der Waals surface area contributed by atoms with Crippen molar-refractivity contribution in [3.63, 3.8) is 0 Å². The SMILES string of the molecule is COc1ccc(COc2ccc(Br)c(C)c2)cc1[N+](=O)[O-].